The second kappa shape index (κ2) is 7.16. The Bertz CT molecular complexity index is 1180. The van der Waals surface area contributed by atoms with E-state index in [9.17, 15) is 4.79 Å². The van der Waals surface area contributed by atoms with E-state index in [1.54, 1.807) is 12.5 Å². The fraction of sp³-hybridized carbons (Fsp3) is 0.273. The molecular weight excluding hydrogens is 364 g/mol. The van der Waals surface area contributed by atoms with Crippen molar-refractivity contribution >= 4 is 17.1 Å². The maximum atomic E-state index is 13.0. The molecule has 4 heterocycles. The van der Waals surface area contributed by atoms with Gasteiger partial charge >= 0.3 is 0 Å². The molecule has 0 atom stereocenters. The van der Waals surface area contributed by atoms with Crippen molar-refractivity contribution in [2.24, 2.45) is 0 Å². The molecule has 29 heavy (non-hydrogen) atoms. The normalized spacial score (nSPS) is 13.6. The van der Waals surface area contributed by atoms with Gasteiger partial charge in [0.1, 0.15) is 5.52 Å². The lowest BCUT2D eigenvalue weighted by Crippen LogP contribution is -2.38. The number of rotatable bonds is 4. The standard InChI is InChI=1S/C22H22N6O/c1-16-11-19-14-26(9-10-28(19)25-16)22(29)18-12-20-21(23-13-18)27(15-24-20)8-7-17-5-3-2-4-6-17/h2-6,11-13,15H,7-10,14H2,1H3. The van der Waals surface area contributed by atoms with Gasteiger partial charge in [0.15, 0.2) is 5.65 Å². The van der Waals surface area contributed by atoms with Gasteiger partial charge in [0.25, 0.3) is 5.91 Å². The number of fused-ring (bicyclic) bond motifs is 2. The van der Waals surface area contributed by atoms with Crippen LogP contribution in [0.5, 0.6) is 0 Å². The van der Waals surface area contributed by atoms with Crippen LogP contribution >= 0.6 is 0 Å². The first-order valence-electron chi connectivity index (χ1n) is 9.85. The molecule has 1 amide bonds. The summed E-state index contributed by atoms with van der Waals surface area (Å²) in [6, 6.07) is 14.2. The topological polar surface area (TPSA) is 68.8 Å². The Balaban J connectivity index is 1.33. The molecule has 0 saturated heterocycles. The molecule has 0 spiro atoms. The van der Waals surface area contributed by atoms with Crippen LogP contribution in [-0.2, 0) is 26.1 Å². The number of carbonyl (C=O) groups excluding carboxylic acids is 1. The summed E-state index contributed by atoms with van der Waals surface area (Å²) in [6.45, 7) is 4.72. The highest BCUT2D eigenvalue weighted by Crippen LogP contribution is 2.18. The van der Waals surface area contributed by atoms with E-state index in [1.807, 2.05) is 51.4 Å². The summed E-state index contributed by atoms with van der Waals surface area (Å²) in [7, 11) is 0. The van der Waals surface area contributed by atoms with Gasteiger partial charge in [-0.05, 0) is 31.0 Å². The van der Waals surface area contributed by atoms with Crippen molar-refractivity contribution in [2.75, 3.05) is 6.54 Å². The van der Waals surface area contributed by atoms with Crippen molar-refractivity contribution in [3.8, 4) is 0 Å². The van der Waals surface area contributed by atoms with Crippen LogP contribution in [0.15, 0.2) is 55.0 Å². The summed E-state index contributed by atoms with van der Waals surface area (Å²) in [5.74, 6) is -0.0108. The third kappa shape index (κ3) is 3.40. The van der Waals surface area contributed by atoms with Crippen LogP contribution in [0, 0.1) is 6.92 Å². The highest BCUT2D eigenvalue weighted by molar-refractivity contribution is 5.96. The predicted molar refractivity (Wildman–Crippen MR) is 109 cm³/mol. The summed E-state index contributed by atoms with van der Waals surface area (Å²) < 4.78 is 4.02. The van der Waals surface area contributed by atoms with E-state index in [-0.39, 0.29) is 5.91 Å². The average molecular weight is 386 g/mol. The molecule has 0 fully saturated rings. The second-order valence-corrected chi connectivity index (χ2v) is 7.47. The summed E-state index contributed by atoms with van der Waals surface area (Å²) in [5.41, 5.74) is 5.47. The van der Waals surface area contributed by atoms with Gasteiger partial charge in [-0.1, -0.05) is 30.3 Å². The Morgan fingerprint density at radius 1 is 1.10 bits per heavy atom. The van der Waals surface area contributed by atoms with Gasteiger partial charge < -0.3 is 9.47 Å². The van der Waals surface area contributed by atoms with E-state index in [4.69, 9.17) is 0 Å². The Kier molecular flexibility index (Phi) is 4.35. The zero-order chi connectivity index (χ0) is 19.8. The maximum Gasteiger partial charge on any atom is 0.255 e. The lowest BCUT2D eigenvalue weighted by molar-refractivity contribution is 0.0706. The number of carbonyl (C=O) groups is 1. The van der Waals surface area contributed by atoms with E-state index in [2.05, 4.69) is 27.2 Å². The van der Waals surface area contributed by atoms with Gasteiger partial charge in [-0.15, -0.1) is 0 Å². The van der Waals surface area contributed by atoms with Crippen molar-refractivity contribution < 1.29 is 4.79 Å². The second-order valence-electron chi connectivity index (χ2n) is 7.47. The summed E-state index contributed by atoms with van der Waals surface area (Å²) in [6.07, 6.45) is 4.38. The predicted octanol–water partition coefficient (Wildman–Crippen LogP) is 2.83. The monoisotopic (exact) mass is 386 g/mol. The van der Waals surface area contributed by atoms with E-state index in [0.29, 0.717) is 18.7 Å². The van der Waals surface area contributed by atoms with Gasteiger partial charge in [0.05, 0.1) is 36.4 Å². The minimum Gasteiger partial charge on any atom is -0.331 e. The minimum atomic E-state index is -0.0108. The van der Waals surface area contributed by atoms with Gasteiger partial charge in [-0.3, -0.25) is 9.48 Å². The Labute approximate surface area is 168 Å². The molecule has 0 N–H and O–H groups in total. The summed E-state index contributed by atoms with van der Waals surface area (Å²) in [5, 5.41) is 4.45. The number of hydrogen-bond donors (Lipinski definition) is 0. The molecule has 0 unspecified atom stereocenters. The van der Waals surface area contributed by atoms with Crippen LogP contribution in [0.1, 0.15) is 27.3 Å². The van der Waals surface area contributed by atoms with Crippen LogP contribution < -0.4 is 0 Å². The molecule has 146 valence electrons. The van der Waals surface area contributed by atoms with Crippen LogP contribution in [0.3, 0.4) is 0 Å². The zero-order valence-electron chi connectivity index (χ0n) is 16.3. The maximum absolute atomic E-state index is 13.0. The number of imidazole rings is 1. The number of pyridine rings is 1. The molecule has 0 aliphatic carbocycles. The molecule has 1 aliphatic heterocycles. The molecule has 1 aromatic carbocycles. The fourth-order valence-corrected chi connectivity index (χ4v) is 3.89. The minimum absolute atomic E-state index is 0.0108. The number of amides is 1. The number of benzene rings is 1. The first-order valence-corrected chi connectivity index (χ1v) is 9.85. The molecular formula is C22H22N6O. The molecule has 7 nitrogen and oxygen atoms in total. The van der Waals surface area contributed by atoms with Crippen LogP contribution in [0.4, 0.5) is 0 Å². The molecule has 7 heteroatoms. The summed E-state index contributed by atoms with van der Waals surface area (Å²) >= 11 is 0. The van der Waals surface area contributed by atoms with Crippen LogP contribution in [0.2, 0.25) is 0 Å². The Morgan fingerprint density at radius 3 is 2.83 bits per heavy atom. The van der Waals surface area contributed by atoms with E-state index < -0.39 is 0 Å². The molecule has 3 aromatic heterocycles. The van der Waals surface area contributed by atoms with Crippen LogP contribution in [-0.4, -0.2) is 41.7 Å². The highest BCUT2D eigenvalue weighted by Gasteiger charge is 2.23. The average Bonchev–Trinajstić information content (AvgIpc) is 3.33. The van der Waals surface area contributed by atoms with Gasteiger partial charge in [-0.2, -0.15) is 5.10 Å². The van der Waals surface area contributed by atoms with E-state index in [0.717, 1.165) is 42.1 Å². The van der Waals surface area contributed by atoms with Crippen molar-refractivity contribution in [1.82, 2.24) is 29.2 Å². The smallest absolute Gasteiger partial charge is 0.255 e. The highest BCUT2D eigenvalue weighted by atomic mass is 16.2. The zero-order valence-corrected chi connectivity index (χ0v) is 16.3. The van der Waals surface area contributed by atoms with Gasteiger partial charge in [-0.25, -0.2) is 9.97 Å². The van der Waals surface area contributed by atoms with Gasteiger partial charge in [0.2, 0.25) is 0 Å². The fourth-order valence-electron chi connectivity index (χ4n) is 3.89. The third-order valence-electron chi connectivity index (χ3n) is 5.39. The molecule has 0 bridgehead atoms. The Morgan fingerprint density at radius 2 is 1.97 bits per heavy atom. The van der Waals surface area contributed by atoms with Crippen molar-refractivity contribution in [1.29, 1.82) is 0 Å². The lowest BCUT2D eigenvalue weighted by Gasteiger charge is -2.27. The lowest BCUT2D eigenvalue weighted by atomic mass is 10.1. The van der Waals surface area contributed by atoms with Crippen LogP contribution in [0.25, 0.3) is 11.2 Å². The first-order chi connectivity index (χ1) is 14.2. The van der Waals surface area contributed by atoms with Crippen molar-refractivity contribution in [3.63, 3.8) is 0 Å². The van der Waals surface area contributed by atoms with E-state index in [1.165, 1.54) is 5.56 Å². The number of hydrogen-bond acceptors (Lipinski definition) is 4. The van der Waals surface area contributed by atoms with Gasteiger partial charge in [0, 0.05) is 19.3 Å². The van der Waals surface area contributed by atoms with E-state index >= 15 is 0 Å². The number of aromatic nitrogens is 5. The van der Waals surface area contributed by atoms with Crippen molar-refractivity contribution in [3.05, 3.63) is 77.5 Å². The molecule has 0 saturated carbocycles. The largest absolute Gasteiger partial charge is 0.331 e. The quantitative estimate of drug-likeness (QED) is 0.541. The van der Waals surface area contributed by atoms with Crippen molar-refractivity contribution in [2.45, 2.75) is 33.0 Å². The Hall–Kier alpha value is -3.48. The summed E-state index contributed by atoms with van der Waals surface area (Å²) in [4.78, 5) is 23.9. The molecule has 4 aromatic rings. The third-order valence-corrected chi connectivity index (χ3v) is 5.39. The number of aryl methyl sites for hydroxylation is 3. The molecule has 1 aliphatic rings. The molecule has 0 radical (unpaired) electrons. The first kappa shape index (κ1) is 17.6. The molecule has 5 rings (SSSR count). The SMILES string of the molecule is Cc1cc2n(n1)CCN(C(=O)c1cnc3c(c1)ncn3CCc1ccccc1)C2. The number of nitrogens with zero attached hydrogens (tertiary/aromatic N) is 6.